The molecule has 0 unspecified atom stereocenters. The Hall–Kier alpha value is -3.62. The Kier molecular flexibility index (Phi) is 5.73. The summed E-state index contributed by atoms with van der Waals surface area (Å²) in [6.07, 6.45) is 1.65. The molecule has 3 rings (SSSR count). The van der Waals surface area contributed by atoms with Crippen molar-refractivity contribution in [1.82, 2.24) is 10.6 Å². The second-order valence-corrected chi connectivity index (χ2v) is 6.45. The molecule has 4 N–H and O–H groups in total. The van der Waals surface area contributed by atoms with E-state index in [-0.39, 0.29) is 24.7 Å². The third-order valence-corrected chi connectivity index (χ3v) is 4.59. The van der Waals surface area contributed by atoms with Gasteiger partial charge in [-0.15, -0.1) is 0 Å². The molecule has 1 aliphatic heterocycles. The molecule has 28 heavy (non-hydrogen) atoms. The highest BCUT2D eigenvalue weighted by atomic mass is 16.6. The fourth-order valence-electron chi connectivity index (χ4n) is 3.14. The van der Waals surface area contributed by atoms with Crippen LogP contribution in [0.2, 0.25) is 0 Å². The molecule has 2 aromatic rings. The predicted octanol–water partition coefficient (Wildman–Crippen LogP) is 1.96. The highest BCUT2D eigenvalue weighted by Crippen LogP contribution is 2.31. The lowest BCUT2D eigenvalue weighted by atomic mass is 10.00. The van der Waals surface area contributed by atoms with Crippen LogP contribution in [0.5, 0.6) is 0 Å². The Balaban J connectivity index is 1.50. The molecule has 0 radical (unpaired) electrons. The molecule has 146 valence electrons. The van der Waals surface area contributed by atoms with E-state index in [0.717, 1.165) is 24.1 Å². The zero-order chi connectivity index (χ0) is 20.1. The number of benzene rings is 2. The van der Waals surface area contributed by atoms with Gasteiger partial charge in [0, 0.05) is 36.6 Å². The van der Waals surface area contributed by atoms with Gasteiger partial charge in [-0.3, -0.25) is 14.9 Å². The number of carbonyl (C=O) groups excluding carboxylic acids is 2. The topological polar surface area (TPSA) is 131 Å². The maximum absolute atomic E-state index is 12.5. The van der Waals surface area contributed by atoms with Gasteiger partial charge in [0.25, 0.3) is 5.69 Å². The van der Waals surface area contributed by atoms with E-state index in [4.69, 9.17) is 5.73 Å². The highest BCUT2D eigenvalue weighted by Gasteiger charge is 2.23. The number of nitro groups is 1. The lowest BCUT2D eigenvalue weighted by Gasteiger charge is -2.30. The Labute approximate surface area is 161 Å². The molecule has 0 saturated heterocycles. The fourth-order valence-corrected chi connectivity index (χ4v) is 3.14. The molecular formula is C19H21N5O4. The molecule has 1 aliphatic rings. The van der Waals surface area contributed by atoms with Crippen molar-refractivity contribution in [3.8, 4) is 0 Å². The minimum Gasteiger partial charge on any atom is -0.398 e. The number of nitrogen functional groups attached to an aromatic ring is 1. The van der Waals surface area contributed by atoms with Gasteiger partial charge in [-0.2, -0.15) is 0 Å². The minimum atomic E-state index is -0.489. The average molecular weight is 383 g/mol. The molecular weight excluding hydrogens is 362 g/mol. The molecule has 0 saturated carbocycles. The van der Waals surface area contributed by atoms with Gasteiger partial charge in [-0.25, -0.2) is 4.79 Å². The van der Waals surface area contributed by atoms with E-state index in [9.17, 15) is 19.7 Å². The van der Waals surface area contributed by atoms with Gasteiger partial charge in [0.1, 0.15) is 0 Å². The third-order valence-electron chi connectivity index (χ3n) is 4.59. The number of hydrogen-bond acceptors (Lipinski definition) is 5. The van der Waals surface area contributed by atoms with Crippen LogP contribution < -0.4 is 21.3 Å². The van der Waals surface area contributed by atoms with Gasteiger partial charge >= 0.3 is 6.03 Å². The van der Waals surface area contributed by atoms with Crippen molar-refractivity contribution in [2.45, 2.75) is 19.4 Å². The number of nitrogens with zero attached hydrogens (tertiary/aromatic N) is 2. The summed E-state index contributed by atoms with van der Waals surface area (Å²) < 4.78 is 0. The number of fused-ring (bicyclic) bond motifs is 1. The van der Waals surface area contributed by atoms with E-state index < -0.39 is 11.0 Å². The van der Waals surface area contributed by atoms with Crippen LogP contribution in [0.3, 0.4) is 0 Å². The molecule has 0 aliphatic carbocycles. The standard InChI is InChI=1S/C19H21N5O4/c20-16-4-1-5-17-15(16)3-2-10-23(17)18(25)12-22-19(26)21-11-13-6-8-14(9-7-13)24(27)28/h1,4-9H,2-3,10-12,20H2,(H2,21,22,26). The SMILES string of the molecule is Nc1cccc2c1CCCN2C(=O)CNC(=O)NCc1ccc([N+](=O)[O-])cc1. The van der Waals surface area contributed by atoms with Gasteiger partial charge in [0.05, 0.1) is 11.5 Å². The molecule has 1 heterocycles. The summed E-state index contributed by atoms with van der Waals surface area (Å²) in [4.78, 5) is 36.3. The number of nitrogens with two attached hydrogens (primary N) is 1. The van der Waals surface area contributed by atoms with Crippen LogP contribution in [0, 0.1) is 10.1 Å². The van der Waals surface area contributed by atoms with E-state index in [1.165, 1.54) is 12.1 Å². The van der Waals surface area contributed by atoms with E-state index >= 15 is 0 Å². The smallest absolute Gasteiger partial charge is 0.315 e. The molecule has 3 amide bonds. The molecule has 2 aromatic carbocycles. The first-order chi connectivity index (χ1) is 13.5. The first-order valence-corrected chi connectivity index (χ1v) is 8.88. The number of rotatable bonds is 5. The maximum atomic E-state index is 12.5. The van der Waals surface area contributed by atoms with Crippen molar-refractivity contribution in [2.75, 3.05) is 23.7 Å². The number of urea groups is 1. The van der Waals surface area contributed by atoms with E-state index in [2.05, 4.69) is 10.6 Å². The van der Waals surface area contributed by atoms with E-state index in [1.54, 1.807) is 17.0 Å². The molecule has 0 atom stereocenters. The first-order valence-electron chi connectivity index (χ1n) is 8.88. The second kappa shape index (κ2) is 8.38. The number of carbonyl (C=O) groups is 2. The van der Waals surface area contributed by atoms with Crippen LogP contribution in [0.15, 0.2) is 42.5 Å². The molecule has 9 nitrogen and oxygen atoms in total. The number of anilines is 2. The van der Waals surface area contributed by atoms with Crippen LogP contribution in [0.25, 0.3) is 0 Å². The Morgan fingerprint density at radius 2 is 1.89 bits per heavy atom. The van der Waals surface area contributed by atoms with Gasteiger partial charge in [0.2, 0.25) is 5.91 Å². The molecule has 0 bridgehead atoms. The monoisotopic (exact) mass is 383 g/mol. The van der Waals surface area contributed by atoms with Crippen molar-refractivity contribution in [3.05, 3.63) is 63.7 Å². The summed E-state index contributed by atoms with van der Waals surface area (Å²) in [5.41, 5.74) is 9.12. The third kappa shape index (κ3) is 4.37. The summed E-state index contributed by atoms with van der Waals surface area (Å²) in [6, 6.07) is 10.9. The van der Waals surface area contributed by atoms with Crippen molar-refractivity contribution >= 4 is 29.0 Å². The second-order valence-electron chi connectivity index (χ2n) is 6.45. The van der Waals surface area contributed by atoms with Gasteiger partial charge in [0.15, 0.2) is 0 Å². The number of hydrogen-bond donors (Lipinski definition) is 3. The van der Waals surface area contributed by atoms with Gasteiger partial charge in [-0.05, 0) is 36.1 Å². The van der Waals surface area contributed by atoms with Crippen LogP contribution in [0.4, 0.5) is 21.9 Å². The van der Waals surface area contributed by atoms with Gasteiger partial charge < -0.3 is 21.3 Å². The largest absolute Gasteiger partial charge is 0.398 e. The maximum Gasteiger partial charge on any atom is 0.315 e. The Morgan fingerprint density at radius 3 is 2.61 bits per heavy atom. The van der Waals surface area contributed by atoms with Crippen molar-refractivity contribution < 1.29 is 14.5 Å². The predicted molar refractivity (Wildman–Crippen MR) is 105 cm³/mol. The zero-order valence-electron chi connectivity index (χ0n) is 15.2. The van der Waals surface area contributed by atoms with Crippen molar-refractivity contribution in [1.29, 1.82) is 0 Å². The van der Waals surface area contributed by atoms with Crippen molar-refractivity contribution in [3.63, 3.8) is 0 Å². The van der Waals surface area contributed by atoms with E-state index in [1.807, 2.05) is 18.2 Å². The van der Waals surface area contributed by atoms with Crippen molar-refractivity contribution in [2.24, 2.45) is 0 Å². The highest BCUT2D eigenvalue weighted by molar-refractivity contribution is 5.98. The first kappa shape index (κ1) is 19.2. The number of nitro benzene ring substituents is 1. The zero-order valence-corrected chi connectivity index (χ0v) is 15.2. The molecule has 9 heteroatoms. The van der Waals surface area contributed by atoms with Crippen LogP contribution in [-0.4, -0.2) is 30.0 Å². The lowest BCUT2D eigenvalue weighted by molar-refractivity contribution is -0.384. The molecule has 0 aromatic heterocycles. The fraction of sp³-hybridized carbons (Fsp3) is 0.263. The van der Waals surface area contributed by atoms with E-state index in [0.29, 0.717) is 17.8 Å². The summed E-state index contributed by atoms with van der Waals surface area (Å²) >= 11 is 0. The minimum absolute atomic E-state index is 0.0127. The summed E-state index contributed by atoms with van der Waals surface area (Å²) in [7, 11) is 0. The van der Waals surface area contributed by atoms with Crippen LogP contribution >= 0.6 is 0 Å². The van der Waals surface area contributed by atoms with Crippen LogP contribution in [0.1, 0.15) is 17.5 Å². The summed E-state index contributed by atoms with van der Waals surface area (Å²) in [5.74, 6) is -0.211. The number of non-ortho nitro benzene ring substituents is 1. The normalized spacial score (nSPS) is 12.8. The quantitative estimate of drug-likeness (QED) is 0.413. The summed E-state index contributed by atoms with van der Waals surface area (Å²) in [6.45, 7) is 0.642. The molecule has 0 spiro atoms. The Morgan fingerprint density at radius 1 is 1.14 bits per heavy atom. The summed E-state index contributed by atoms with van der Waals surface area (Å²) in [5, 5.41) is 15.8. The Bertz CT molecular complexity index is 898. The lowest BCUT2D eigenvalue weighted by Crippen LogP contribution is -2.45. The number of amides is 3. The van der Waals surface area contributed by atoms with Crippen LogP contribution in [-0.2, 0) is 17.8 Å². The van der Waals surface area contributed by atoms with Gasteiger partial charge in [-0.1, -0.05) is 18.2 Å². The average Bonchev–Trinajstić information content (AvgIpc) is 2.70. The molecule has 0 fully saturated rings. The number of nitrogens with one attached hydrogen (secondary N) is 2.